The summed E-state index contributed by atoms with van der Waals surface area (Å²) in [6, 6.07) is 0. The van der Waals surface area contributed by atoms with Gasteiger partial charge in [0.05, 0.1) is 18.6 Å². The lowest BCUT2D eigenvalue weighted by Gasteiger charge is -2.35. The van der Waals surface area contributed by atoms with E-state index in [1.165, 1.54) is 0 Å². The predicted octanol–water partition coefficient (Wildman–Crippen LogP) is -0.241. The van der Waals surface area contributed by atoms with Gasteiger partial charge in [0.1, 0.15) is 5.84 Å². The van der Waals surface area contributed by atoms with Gasteiger partial charge in [-0.15, -0.1) is 0 Å². The van der Waals surface area contributed by atoms with Crippen LogP contribution in [0.2, 0.25) is 0 Å². The Morgan fingerprint density at radius 2 is 2.07 bits per heavy atom. The van der Waals surface area contributed by atoms with Crippen LogP contribution >= 0.6 is 0 Å². The van der Waals surface area contributed by atoms with Crippen molar-refractivity contribution in [1.82, 2.24) is 4.90 Å². The molecule has 0 bridgehead atoms. The van der Waals surface area contributed by atoms with E-state index in [1.807, 2.05) is 13.8 Å². The Bertz CT molecular complexity index is 257. The van der Waals surface area contributed by atoms with Crippen molar-refractivity contribution in [2.75, 3.05) is 13.1 Å². The van der Waals surface area contributed by atoms with Crippen LogP contribution in [0.25, 0.3) is 0 Å². The average Bonchev–Trinajstić information content (AvgIpc) is 2.16. The van der Waals surface area contributed by atoms with Crippen molar-refractivity contribution in [3.8, 4) is 0 Å². The van der Waals surface area contributed by atoms with Crippen molar-refractivity contribution in [3.63, 3.8) is 0 Å². The van der Waals surface area contributed by atoms with Crippen LogP contribution in [-0.2, 0) is 9.53 Å². The molecule has 86 valence electrons. The number of carbonyl (C=O) groups excluding carboxylic acids is 1. The van der Waals surface area contributed by atoms with E-state index in [-0.39, 0.29) is 30.4 Å². The van der Waals surface area contributed by atoms with Crippen LogP contribution in [0.5, 0.6) is 0 Å². The molecule has 0 saturated carbocycles. The molecule has 1 rings (SSSR count). The zero-order valence-electron chi connectivity index (χ0n) is 9.01. The number of amides is 1. The van der Waals surface area contributed by atoms with Crippen molar-refractivity contribution in [1.29, 1.82) is 0 Å². The van der Waals surface area contributed by atoms with E-state index >= 15 is 0 Å². The largest absolute Gasteiger partial charge is 0.409 e. The zero-order valence-corrected chi connectivity index (χ0v) is 9.01. The highest BCUT2D eigenvalue weighted by Gasteiger charge is 2.25. The first-order valence-electron chi connectivity index (χ1n) is 4.92. The maximum atomic E-state index is 11.7. The van der Waals surface area contributed by atoms with Crippen molar-refractivity contribution < 1.29 is 14.7 Å². The Morgan fingerprint density at radius 3 is 2.53 bits per heavy atom. The minimum Gasteiger partial charge on any atom is -0.409 e. The van der Waals surface area contributed by atoms with E-state index in [0.29, 0.717) is 13.1 Å². The van der Waals surface area contributed by atoms with E-state index in [9.17, 15) is 4.79 Å². The summed E-state index contributed by atoms with van der Waals surface area (Å²) in [6.07, 6.45) is 0.0191. The van der Waals surface area contributed by atoms with Gasteiger partial charge in [0.25, 0.3) is 0 Å². The number of amidine groups is 1. The number of ether oxygens (including phenoxy) is 1. The zero-order chi connectivity index (χ0) is 11.4. The van der Waals surface area contributed by atoms with Gasteiger partial charge < -0.3 is 20.6 Å². The highest BCUT2D eigenvalue weighted by molar-refractivity contribution is 5.98. The average molecular weight is 215 g/mol. The number of morpholine rings is 1. The minimum absolute atomic E-state index is 0.0324. The summed E-state index contributed by atoms with van der Waals surface area (Å²) in [5, 5.41) is 11.1. The van der Waals surface area contributed by atoms with Crippen molar-refractivity contribution >= 4 is 11.7 Å². The molecule has 6 nitrogen and oxygen atoms in total. The van der Waals surface area contributed by atoms with Crippen LogP contribution in [0, 0.1) is 0 Å². The lowest BCUT2D eigenvalue weighted by molar-refractivity contribution is -0.141. The fraction of sp³-hybridized carbons (Fsp3) is 0.778. The summed E-state index contributed by atoms with van der Waals surface area (Å²) in [6.45, 7) is 4.95. The van der Waals surface area contributed by atoms with Gasteiger partial charge in [-0.1, -0.05) is 5.16 Å². The maximum absolute atomic E-state index is 11.7. The smallest absolute Gasteiger partial charge is 0.230 e. The molecule has 1 saturated heterocycles. The molecule has 15 heavy (non-hydrogen) atoms. The summed E-state index contributed by atoms with van der Waals surface area (Å²) in [7, 11) is 0. The molecule has 0 aromatic rings. The van der Waals surface area contributed by atoms with Gasteiger partial charge in [-0.2, -0.15) is 0 Å². The Balaban J connectivity index is 2.52. The highest BCUT2D eigenvalue weighted by atomic mass is 16.5. The Labute approximate surface area is 88.7 Å². The molecule has 0 aromatic carbocycles. The van der Waals surface area contributed by atoms with E-state index in [2.05, 4.69) is 5.16 Å². The van der Waals surface area contributed by atoms with E-state index in [0.717, 1.165) is 0 Å². The number of carbonyl (C=O) groups is 1. The number of nitrogens with two attached hydrogens (primary N) is 1. The molecule has 1 heterocycles. The summed E-state index contributed by atoms with van der Waals surface area (Å²) in [4.78, 5) is 13.3. The normalized spacial score (nSPS) is 27.9. The van der Waals surface area contributed by atoms with Gasteiger partial charge in [0.2, 0.25) is 5.91 Å². The molecule has 0 spiro atoms. The SMILES string of the molecule is C[C@@H]1CN(C(=O)CC(N)=NO)C[C@H](C)O1. The third kappa shape index (κ3) is 3.39. The number of oxime groups is 1. The van der Waals surface area contributed by atoms with E-state index in [4.69, 9.17) is 15.7 Å². The number of hydrogen-bond acceptors (Lipinski definition) is 4. The van der Waals surface area contributed by atoms with Crippen molar-refractivity contribution in [2.24, 2.45) is 10.9 Å². The van der Waals surface area contributed by atoms with Crippen molar-refractivity contribution in [2.45, 2.75) is 32.5 Å². The fourth-order valence-corrected chi connectivity index (χ4v) is 1.68. The second kappa shape index (κ2) is 4.97. The first kappa shape index (κ1) is 11.8. The number of nitrogens with zero attached hydrogens (tertiary/aromatic N) is 2. The molecule has 3 N–H and O–H groups in total. The van der Waals surface area contributed by atoms with Gasteiger partial charge in [-0.3, -0.25) is 4.79 Å². The van der Waals surface area contributed by atoms with Crippen LogP contribution in [0.1, 0.15) is 20.3 Å². The first-order valence-corrected chi connectivity index (χ1v) is 4.92. The Morgan fingerprint density at radius 1 is 1.53 bits per heavy atom. The summed E-state index contributed by atoms with van der Waals surface area (Å²) < 4.78 is 5.49. The van der Waals surface area contributed by atoms with Crippen molar-refractivity contribution in [3.05, 3.63) is 0 Å². The quantitative estimate of drug-likeness (QED) is 0.288. The molecule has 1 fully saturated rings. The predicted molar refractivity (Wildman–Crippen MR) is 54.6 cm³/mol. The standard InChI is InChI=1S/C9H17N3O3/c1-6-4-12(5-7(2)15-6)9(13)3-8(10)11-14/h6-7,14H,3-5H2,1-2H3,(H2,10,11)/t6-,7+. The van der Waals surface area contributed by atoms with Gasteiger partial charge in [-0.25, -0.2) is 0 Å². The second-order valence-corrected chi connectivity index (χ2v) is 3.82. The maximum Gasteiger partial charge on any atom is 0.230 e. The van der Waals surface area contributed by atoms with Crippen LogP contribution in [-0.4, -0.2) is 47.1 Å². The van der Waals surface area contributed by atoms with Crippen LogP contribution in [0.3, 0.4) is 0 Å². The number of rotatable bonds is 2. The molecule has 1 aliphatic rings. The molecule has 0 unspecified atom stereocenters. The molecular weight excluding hydrogens is 198 g/mol. The Kier molecular flexibility index (Phi) is 3.90. The van der Waals surface area contributed by atoms with Gasteiger partial charge in [0, 0.05) is 13.1 Å². The summed E-state index contributed by atoms with van der Waals surface area (Å²) in [5.41, 5.74) is 5.27. The van der Waals surface area contributed by atoms with E-state index < -0.39 is 0 Å². The molecule has 0 aromatic heterocycles. The number of hydrogen-bond donors (Lipinski definition) is 2. The fourth-order valence-electron chi connectivity index (χ4n) is 1.68. The van der Waals surface area contributed by atoms with Gasteiger partial charge in [0.15, 0.2) is 0 Å². The third-order valence-corrected chi connectivity index (χ3v) is 2.23. The third-order valence-electron chi connectivity index (χ3n) is 2.23. The second-order valence-electron chi connectivity index (χ2n) is 3.82. The lowest BCUT2D eigenvalue weighted by Crippen LogP contribution is -2.48. The molecule has 2 atom stereocenters. The van der Waals surface area contributed by atoms with E-state index in [1.54, 1.807) is 4.90 Å². The topological polar surface area (TPSA) is 88.2 Å². The molecule has 1 amide bonds. The molecular formula is C9H17N3O3. The molecule has 0 radical (unpaired) electrons. The lowest BCUT2D eigenvalue weighted by atomic mass is 10.2. The molecule has 0 aliphatic carbocycles. The monoisotopic (exact) mass is 215 g/mol. The highest BCUT2D eigenvalue weighted by Crippen LogP contribution is 2.11. The van der Waals surface area contributed by atoms with Gasteiger partial charge >= 0.3 is 0 Å². The van der Waals surface area contributed by atoms with Crippen LogP contribution in [0.15, 0.2) is 5.16 Å². The molecule has 6 heteroatoms. The van der Waals surface area contributed by atoms with Crippen LogP contribution < -0.4 is 5.73 Å². The summed E-state index contributed by atoms with van der Waals surface area (Å²) >= 11 is 0. The van der Waals surface area contributed by atoms with Gasteiger partial charge in [-0.05, 0) is 13.8 Å². The molecule has 1 aliphatic heterocycles. The first-order chi connectivity index (χ1) is 7.02. The Hall–Kier alpha value is -1.30. The minimum atomic E-state index is -0.132. The van der Waals surface area contributed by atoms with Crippen LogP contribution in [0.4, 0.5) is 0 Å². The summed E-state index contributed by atoms with van der Waals surface area (Å²) in [5.74, 6) is -0.195.